The van der Waals surface area contributed by atoms with Gasteiger partial charge >= 0.3 is 0 Å². The molecule has 2 rings (SSSR count). The van der Waals surface area contributed by atoms with Gasteiger partial charge in [-0.3, -0.25) is 9.59 Å². The van der Waals surface area contributed by atoms with E-state index in [4.69, 9.17) is 0 Å². The monoisotopic (exact) mass is 246 g/mol. The first-order valence-electron chi connectivity index (χ1n) is 6.29. The maximum absolute atomic E-state index is 12.0. The van der Waals surface area contributed by atoms with E-state index in [1.54, 1.807) is 4.90 Å². The summed E-state index contributed by atoms with van der Waals surface area (Å²) in [7, 11) is 0. The molecule has 1 aliphatic rings. The minimum Gasteiger partial charge on any atom is -0.345 e. The van der Waals surface area contributed by atoms with Gasteiger partial charge < -0.3 is 10.2 Å². The molecular weight excluding hydrogens is 228 g/mol. The second-order valence-corrected chi connectivity index (χ2v) is 4.53. The molecule has 0 saturated carbocycles. The van der Waals surface area contributed by atoms with Crippen LogP contribution in [0.15, 0.2) is 30.3 Å². The quantitative estimate of drug-likeness (QED) is 0.878. The maximum atomic E-state index is 12.0. The Hall–Kier alpha value is -1.84. The lowest BCUT2D eigenvalue weighted by Crippen LogP contribution is -2.58. The molecule has 2 unspecified atom stereocenters. The molecule has 0 bridgehead atoms. The Morgan fingerprint density at radius 2 is 2.00 bits per heavy atom. The molecule has 1 saturated heterocycles. The Morgan fingerprint density at radius 1 is 1.33 bits per heavy atom. The van der Waals surface area contributed by atoms with Crippen LogP contribution in [-0.2, 0) is 9.59 Å². The second kappa shape index (κ2) is 5.21. The van der Waals surface area contributed by atoms with E-state index in [2.05, 4.69) is 5.32 Å². The van der Waals surface area contributed by atoms with Crippen molar-refractivity contribution in [3.05, 3.63) is 35.9 Å². The van der Waals surface area contributed by atoms with Crippen molar-refractivity contribution >= 4 is 11.8 Å². The van der Waals surface area contributed by atoms with Crippen LogP contribution >= 0.6 is 0 Å². The van der Waals surface area contributed by atoms with Crippen molar-refractivity contribution in [2.75, 3.05) is 6.54 Å². The Morgan fingerprint density at radius 3 is 2.61 bits per heavy atom. The summed E-state index contributed by atoms with van der Waals surface area (Å²) in [6.07, 6.45) is 0.634. The predicted octanol–water partition coefficient (Wildman–Crippen LogP) is 1.48. The van der Waals surface area contributed by atoms with Crippen LogP contribution in [0.3, 0.4) is 0 Å². The molecule has 1 aliphatic heterocycles. The van der Waals surface area contributed by atoms with Crippen molar-refractivity contribution in [1.29, 1.82) is 0 Å². The highest BCUT2D eigenvalue weighted by Crippen LogP contribution is 2.25. The van der Waals surface area contributed by atoms with Gasteiger partial charge in [0.2, 0.25) is 11.8 Å². The zero-order valence-corrected chi connectivity index (χ0v) is 10.7. The first-order valence-corrected chi connectivity index (χ1v) is 6.29. The van der Waals surface area contributed by atoms with Crippen LogP contribution < -0.4 is 5.32 Å². The van der Waals surface area contributed by atoms with Crippen molar-refractivity contribution < 1.29 is 9.59 Å². The van der Waals surface area contributed by atoms with Crippen molar-refractivity contribution in [2.45, 2.75) is 32.4 Å². The number of benzene rings is 1. The van der Waals surface area contributed by atoms with Gasteiger partial charge in [-0.25, -0.2) is 0 Å². The fourth-order valence-corrected chi connectivity index (χ4v) is 2.43. The molecular formula is C14H18N2O2. The van der Waals surface area contributed by atoms with Crippen LogP contribution in [0.5, 0.6) is 0 Å². The normalized spacial score (nSPS) is 21.7. The summed E-state index contributed by atoms with van der Waals surface area (Å²) in [5, 5.41) is 2.64. The molecule has 4 nitrogen and oxygen atoms in total. The number of piperazine rings is 1. The predicted molar refractivity (Wildman–Crippen MR) is 68.8 cm³/mol. The lowest BCUT2D eigenvalue weighted by atomic mass is 10.0. The smallest absolute Gasteiger partial charge is 0.243 e. The third-order valence-corrected chi connectivity index (χ3v) is 3.43. The molecule has 1 aromatic rings. The Kier molecular flexibility index (Phi) is 3.65. The minimum atomic E-state index is -0.360. The molecule has 18 heavy (non-hydrogen) atoms. The van der Waals surface area contributed by atoms with Gasteiger partial charge in [0.05, 0.1) is 12.6 Å². The molecule has 1 heterocycles. The zero-order chi connectivity index (χ0) is 13.1. The number of carbonyl (C=O) groups excluding carboxylic acids is 2. The van der Waals surface area contributed by atoms with E-state index in [-0.39, 0.29) is 30.4 Å². The minimum absolute atomic E-state index is 0.0159. The number of hydrogen-bond donors (Lipinski definition) is 1. The summed E-state index contributed by atoms with van der Waals surface area (Å²) in [4.78, 5) is 25.5. The fraction of sp³-hybridized carbons (Fsp3) is 0.429. The number of hydrogen-bond acceptors (Lipinski definition) is 2. The summed E-state index contributed by atoms with van der Waals surface area (Å²) in [5.41, 5.74) is 1.05. The lowest BCUT2D eigenvalue weighted by molar-refractivity contribution is -0.148. The van der Waals surface area contributed by atoms with Gasteiger partial charge in [-0.2, -0.15) is 0 Å². The highest BCUT2D eigenvalue weighted by Gasteiger charge is 2.36. The topological polar surface area (TPSA) is 49.4 Å². The van der Waals surface area contributed by atoms with Gasteiger partial charge in [-0.15, -0.1) is 0 Å². The molecule has 0 radical (unpaired) electrons. The van der Waals surface area contributed by atoms with E-state index in [0.29, 0.717) is 6.42 Å². The highest BCUT2D eigenvalue weighted by molar-refractivity contribution is 5.95. The second-order valence-electron chi connectivity index (χ2n) is 4.53. The maximum Gasteiger partial charge on any atom is 0.243 e. The molecule has 1 N–H and O–H groups in total. The van der Waals surface area contributed by atoms with Crippen molar-refractivity contribution in [3.63, 3.8) is 0 Å². The fourth-order valence-electron chi connectivity index (χ4n) is 2.43. The van der Waals surface area contributed by atoms with Crippen LogP contribution in [0.1, 0.15) is 31.9 Å². The van der Waals surface area contributed by atoms with Gasteiger partial charge in [-0.1, -0.05) is 37.3 Å². The van der Waals surface area contributed by atoms with E-state index in [1.165, 1.54) is 0 Å². The van der Waals surface area contributed by atoms with E-state index in [9.17, 15) is 9.59 Å². The highest BCUT2D eigenvalue weighted by atomic mass is 16.2. The Bertz CT molecular complexity index is 444. The molecule has 96 valence electrons. The average Bonchev–Trinajstić information content (AvgIpc) is 2.41. The van der Waals surface area contributed by atoms with Crippen LogP contribution in [0.25, 0.3) is 0 Å². The number of nitrogens with zero attached hydrogens (tertiary/aromatic N) is 1. The van der Waals surface area contributed by atoms with Gasteiger partial charge in [-0.05, 0) is 18.9 Å². The molecule has 2 amide bonds. The van der Waals surface area contributed by atoms with Gasteiger partial charge in [0, 0.05) is 0 Å². The van der Waals surface area contributed by atoms with E-state index in [0.717, 1.165) is 5.56 Å². The summed E-state index contributed by atoms with van der Waals surface area (Å²) < 4.78 is 0. The van der Waals surface area contributed by atoms with Crippen LogP contribution in [-0.4, -0.2) is 29.3 Å². The van der Waals surface area contributed by atoms with Crippen LogP contribution in [0.2, 0.25) is 0 Å². The summed E-state index contributed by atoms with van der Waals surface area (Å²) in [6, 6.07) is 9.37. The third-order valence-electron chi connectivity index (χ3n) is 3.43. The standard InChI is InChI=1S/C14H18N2O2/c1-3-12-14(18)15-9-13(17)16(12)10(2)11-7-5-4-6-8-11/h4-8,10,12H,3,9H2,1-2H3,(H,15,18). The third kappa shape index (κ3) is 2.23. The summed E-state index contributed by atoms with van der Waals surface area (Å²) in [5.74, 6) is -0.0716. The van der Waals surface area contributed by atoms with Gasteiger partial charge in [0.15, 0.2) is 0 Å². The molecule has 0 aromatic heterocycles. The largest absolute Gasteiger partial charge is 0.345 e. The SMILES string of the molecule is CCC1C(=O)NCC(=O)N1C(C)c1ccccc1. The number of nitrogens with one attached hydrogen (secondary N) is 1. The molecule has 0 spiro atoms. The number of carbonyl (C=O) groups is 2. The molecule has 4 heteroatoms. The van der Waals surface area contributed by atoms with Crippen LogP contribution in [0.4, 0.5) is 0 Å². The van der Waals surface area contributed by atoms with Crippen molar-refractivity contribution in [1.82, 2.24) is 10.2 Å². The Balaban J connectivity index is 2.28. The van der Waals surface area contributed by atoms with Gasteiger partial charge in [0.25, 0.3) is 0 Å². The zero-order valence-electron chi connectivity index (χ0n) is 10.7. The van der Waals surface area contributed by atoms with Crippen molar-refractivity contribution in [2.24, 2.45) is 0 Å². The van der Waals surface area contributed by atoms with Gasteiger partial charge in [0.1, 0.15) is 6.04 Å². The van der Waals surface area contributed by atoms with E-state index >= 15 is 0 Å². The lowest BCUT2D eigenvalue weighted by Gasteiger charge is -2.38. The van der Waals surface area contributed by atoms with E-state index < -0.39 is 0 Å². The summed E-state index contributed by atoms with van der Waals surface area (Å²) >= 11 is 0. The first-order chi connectivity index (χ1) is 8.65. The Labute approximate surface area is 107 Å². The number of amides is 2. The molecule has 2 atom stereocenters. The van der Waals surface area contributed by atoms with Crippen molar-refractivity contribution in [3.8, 4) is 0 Å². The molecule has 1 aromatic carbocycles. The van der Waals surface area contributed by atoms with E-state index in [1.807, 2.05) is 44.2 Å². The number of rotatable bonds is 3. The molecule has 1 fully saturated rings. The summed E-state index contributed by atoms with van der Waals surface area (Å²) in [6.45, 7) is 3.99. The first kappa shape index (κ1) is 12.6. The average molecular weight is 246 g/mol. The molecule has 0 aliphatic carbocycles. The van der Waals surface area contributed by atoms with Crippen LogP contribution in [0, 0.1) is 0 Å².